The Morgan fingerprint density at radius 2 is 1.85 bits per heavy atom. The summed E-state index contributed by atoms with van der Waals surface area (Å²) < 4.78 is 27.9. The number of pyridine rings is 1. The van der Waals surface area contributed by atoms with Crippen LogP contribution in [0, 0.1) is 0 Å². The van der Waals surface area contributed by atoms with Gasteiger partial charge < -0.3 is 23.4 Å². The number of methoxy groups -OCH3 is 2. The maximum atomic E-state index is 12.9. The fourth-order valence-corrected chi connectivity index (χ4v) is 3.50. The van der Waals surface area contributed by atoms with Gasteiger partial charge in [0.1, 0.15) is 29.7 Å². The van der Waals surface area contributed by atoms with Gasteiger partial charge in [-0.2, -0.15) is 0 Å². The molecule has 1 aromatic carbocycles. The van der Waals surface area contributed by atoms with E-state index < -0.39 is 35.5 Å². The first-order valence-corrected chi connectivity index (χ1v) is 10.9. The Bertz CT molecular complexity index is 1270. The molecule has 0 amide bonds. The monoisotopic (exact) mass is 472 g/mol. The highest BCUT2D eigenvalue weighted by Crippen LogP contribution is 2.24. The zero-order valence-corrected chi connectivity index (χ0v) is 19.8. The predicted molar refractivity (Wildman–Crippen MR) is 124 cm³/mol. The Balaban J connectivity index is 1.82. The molecule has 0 saturated heterocycles. The fourth-order valence-electron chi connectivity index (χ4n) is 3.50. The molecular formula is C24H28N2O8. The smallest absolute Gasteiger partial charge is 0.423 e. The maximum Gasteiger partial charge on any atom is 0.423 e. The SMILES string of the molecule is CCC[C@@H](Oc1cccc(OC)c1)[C@H](C)OC(=O)[C@H](C)n1c(=O)oc2c(OC)ccnc2c1=O. The van der Waals surface area contributed by atoms with E-state index in [0.29, 0.717) is 22.5 Å². The molecule has 3 rings (SSSR count). The molecule has 10 heteroatoms. The van der Waals surface area contributed by atoms with E-state index in [-0.39, 0.29) is 16.8 Å². The third kappa shape index (κ3) is 5.22. The number of esters is 1. The molecule has 2 heterocycles. The van der Waals surface area contributed by atoms with Crippen LogP contribution in [-0.2, 0) is 9.53 Å². The number of nitrogens with zero attached hydrogens (tertiary/aromatic N) is 2. The Morgan fingerprint density at radius 3 is 2.53 bits per heavy atom. The van der Waals surface area contributed by atoms with Gasteiger partial charge in [0.2, 0.25) is 5.58 Å². The summed E-state index contributed by atoms with van der Waals surface area (Å²) in [6.07, 6.45) is 1.63. The second-order valence-corrected chi connectivity index (χ2v) is 7.68. The van der Waals surface area contributed by atoms with Crippen LogP contribution in [0.15, 0.2) is 50.5 Å². The van der Waals surface area contributed by atoms with E-state index in [9.17, 15) is 14.4 Å². The normalized spacial score (nSPS) is 13.7. The molecule has 3 aromatic rings. The Hall–Kier alpha value is -3.82. The van der Waals surface area contributed by atoms with Crippen molar-refractivity contribution in [2.45, 2.75) is 51.9 Å². The van der Waals surface area contributed by atoms with E-state index in [1.165, 1.54) is 26.3 Å². The van der Waals surface area contributed by atoms with Crippen molar-refractivity contribution in [2.24, 2.45) is 0 Å². The van der Waals surface area contributed by atoms with Crippen molar-refractivity contribution in [3.05, 3.63) is 57.4 Å². The third-order valence-corrected chi connectivity index (χ3v) is 5.35. The van der Waals surface area contributed by atoms with Crippen molar-refractivity contribution in [1.29, 1.82) is 0 Å². The van der Waals surface area contributed by atoms with Gasteiger partial charge in [-0.25, -0.2) is 19.1 Å². The van der Waals surface area contributed by atoms with Crippen molar-refractivity contribution in [3.8, 4) is 17.2 Å². The van der Waals surface area contributed by atoms with E-state index in [1.54, 1.807) is 38.3 Å². The number of rotatable bonds is 10. The van der Waals surface area contributed by atoms with Crippen LogP contribution in [0.4, 0.5) is 0 Å². The molecule has 34 heavy (non-hydrogen) atoms. The quantitative estimate of drug-likeness (QED) is 0.410. The van der Waals surface area contributed by atoms with Gasteiger partial charge in [-0.3, -0.25) is 4.79 Å². The average Bonchev–Trinajstić information content (AvgIpc) is 2.83. The topological polar surface area (TPSA) is 119 Å². The van der Waals surface area contributed by atoms with Gasteiger partial charge in [0.05, 0.1) is 14.2 Å². The lowest BCUT2D eigenvalue weighted by Crippen LogP contribution is -2.41. The van der Waals surface area contributed by atoms with Crippen LogP contribution in [0.5, 0.6) is 17.2 Å². The highest BCUT2D eigenvalue weighted by molar-refractivity contribution is 5.78. The van der Waals surface area contributed by atoms with E-state index in [1.807, 2.05) is 6.92 Å². The molecule has 0 fully saturated rings. The van der Waals surface area contributed by atoms with Crippen molar-refractivity contribution < 1.29 is 28.2 Å². The second-order valence-electron chi connectivity index (χ2n) is 7.68. The van der Waals surface area contributed by atoms with Crippen LogP contribution >= 0.6 is 0 Å². The minimum Gasteiger partial charge on any atom is -0.497 e. The maximum absolute atomic E-state index is 12.9. The first kappa shape index (κ1) is 24.8. The first-order chi connectivity index (χ1) is 16.3. The summed E-state index contributed by atoms with van der Waals surface area (Å²) in [7, 11) is 2.94. The molecule has 0 aliphatic rings. The first-order valence-electron chi connectivity index (χ1n) is 10.9. The molecule has 3 atom stereocenters. The molecule has 0 unspecified atom stereocenters. The summed E-state index contributed by atoms with van der Waals surface area (Å²) >= 11 is 0. The molecule has 0 N–H and O–H groups in total. The van der Waals surface area contributed by atoms with Gasteiger partial charge in [-0.15, -0.1) is 0 Å². The highest BCUT2D eigenvalue weighted by atomic mass is 16.6. The van der Waals surface area contributed by atoms with Gasteiger partial charge >= 0.3 is 11.7 Å². The largest absolute Gasteiger partial charge is 0.497 e. The van der Waals surface area contributed by atoms with Crippen LogP contribution < -0.4 is 25.5 Å². The third-order valence-electron chi connectivity index (χ3n) is 5.35. The lowest BCUT2D eigenvalue weighted by atomic mass is 10.1. The van der Waals surface area contributed by atoms with E-state index in [2.05, 4.69) is 4.98 Å². The molecule has 0 radical (unpaired) electrons. The van der Waals surface area contributed by atoms with Gasteiger partial charge in [0, 0.05) is 18.3 Å². The van der Waals surface area contributed by atoms with Crippen molar-refractivity contribution >= 4 is 17.1 Å². The summed E-state index contributed by atoms with van der Waals surface area (Å²) in [5, 5.41) is 0. The van der Waals surface area contributed by atoms with Crippen LogP contribution in [0.1, 0.15) is 39.7 Å². The molecule has 0 saturated carbocycles. The highest BCUT2D eigenvalue weighted by Gasteiger charge is 2.29. The van der Waals surface area contributed by atoms with Crippen molar-refractivity contribution in [2.75, 3.05) is 14.2 Å². The zero-order valence-electron chi connectivity index (χ0n) is 19.8. The number of fused-ring (bicyclic) bond motifs is 1. The standard InChI is InChI=1S/C24H28N2O8/c1-6-8-18(33-17-10-7-9-16(13-17)30-4)15(3)32-23(28)14(2)26-22(27)20-21(34-24(26)29)19(31-5)11-12-25-20/h7,9-15,18H,6,8H2,1-5H3/t14-,15-,18+/m0/s1. The number of hydrogen-bond donors (Lipinski definition) is 0. The minimum atomic E-state index is -1.25. The van der Waals surface area contributed by atoms with Crippen LogP contribution in [-0.4, -0.2) is 41.9 Å². The molecule has 0 bridgehead atoms. The van der Waals surface area contributed by atoms with Crippen LogP contribution in [0.25, 0.3) is 11.1 Å². The van der Waals surface area contributed by atoms with Gasteiger partial charge in [-0.1, -0.05) is 19.4 Å². The van der Waals surface area contributed by atoms with Crippen LogP contribution in [0.2, 0.25) is 0 Å². The molecule has 2 aromatic heterocycles. The molecule has 182 valence electrons. The Morgan fingerprint density at radius 1 is 1.12 bits per heavy atom. The van der Waals surface area contributed by atoms with E-state index >= 15 is 0 Å². The Labute approximate surface area is 196 Å². The van der Waals surface area contributed by atoms with E-state index in [0.717, 1.165) is 6.42 Å². The molecule has 10 nitrogen and oxygen atoms in total. The lowest BCUT2D eigenvalue weighted by molar-refractivity contribution is -0.156. The van der Waals surface area contributed by atoms with Crippen LogP contribution in [0.3, 0.4) is 0 Å². The summed E-state index contributed by atoms with van der Waals surface area (Å²) in [5.41, 5.74) is -0.989. The molecular weight excluding hydrogens is 444 g/mol. The number of ether oxygens (including phenoxy) is 4. The van der Waals surface area contributed by atoms with Crippen molar-refractivity contribution in [3.63, 3.8) is 0 Å². The summed E-state index contributed by atoms with van der Waals surface area (Å²) in [6, 6.07) is 7.33. The molecule has 0 spiro atoms. The number of carbonyl (C=O) groups excluding carboxylic acids is 1. The summed E-state index contributed by atoms with van der Waals surface area (Å²) in [5.74, 6) is -0.399. The lowest BCUT2D eigenvalue weighted by Gasteiger charge is -2.26. The van der Waals surface area contributed by atoms with Crippen molar-refractivity contribution in [1.82, 2.24) is 9.55 Å². The second kappa shape index (κ2) is 10.9. The number of hydrogen-bond acceptors (Lipinski definition) is 9. The molecule has 0 aliphatic heterocycles. The summed E-state index contributed by atoms with van der Waals surface area (Å²) in [6.45, 7) is 5.07. The fraction of sp³-hybridized carbons (Fsp3) is 0.417. The van der Waals surface area contributed by atoms with Gasteiger partial charge in [0.15, 0.2) is 11.3 Å². The molecule has 0 aliphatic carbocycles. The van der Waals surface area contributed by atoms with Gasteiger partial charge in [0.25, 0.3) is 5.56 Å². The number of aromatic nitrogens is 2. The number of carbonyl (C=O) groups is 1. The zero-order chi connectivity index (χ0) is 24.8. The number of benzene rings is 1. The predicted octanol–water partition coefficient (Wildman–Crippen LogP) is 3.11. The van der Waals surface area contributed by atoms with Gasteiger partial charge in [-0.05, 0) is 32.4 Å². The average molecular weight is 472 g/mol. The Kier molecular flexibility index (Phi) is 7.93. The van der Waals surface area contributed by atoms with E-state index in [4.69, 9.17) is 23.4 Å². The minimum absolute atomic E-state index is 0.0834. The summed E-state index contributed by atoms with van der Waals surface area (Å²) in [4.78, 5) is 42.4.